The van der Waals surface area contributed by atoms with Gasteiger partial charge in [-0.15, -0.1) is 0 Å². The molecule has 0 atom stereocenters. The lowest BCUT2D eigenvalue weighted by Crippen LogP contribution is -2.04. The Bertz CT molecular complexity index is 1180. The van der Waals surface area contributed by atoms with Crippen LogP contribution in [0.1, 0.15) is 16.8 Å². The normalized spacial score (nSPS) is 11.9. The van der Waals surface area contributed by atoms with Crippen LogP contribution in [0.2, 0.25) is 0 Å². The molecule has 4 N–H and O–H groups in total. The smallest absolute Gasteiger partial charge is 0.416 e. The van der Waals surface area contributed by atoms with Crippen molar-refractivity contribution in [2.24, 2.45) is 0 Å². The maximum absolute atomic E-state index is 13.5. The third-order valence-electron chi connectivity index (χ3n) is 4.39. The number of aromatic amines is 2. The molecule has 4 rings (SSSR count). The van der Waals surface area contributed by atoms with Crippen LogP contribution >= 0.6 is 0 Å². The lowest BCUT2D eigenvalue weighted by molar-refractivity contribution is -0.137. The highest BCUT2D eigenvalue weighted by Crippen LogP contribution is 2.31. The second kappa shape index (κ2) is 6.80. The number of alkyl halides is 3. The molecule has 0 aliphatic rings. The molecule has 2 heterocycles. The van der Waals surface area contributed by atoms with Gasteiger partial charge in [0.1, 0.15) is 0 Å². The summed E-state index contributed by atoms with van der Waals surface area (Å²) in [6, 6.07) is 6.59. The van der Waals surface area contributed by atoms with Gasteiger partial charge < -0.3 is 20.4 Å². The molecule has 0 amide bonds. The first-order chi connectivity index (χ1) is 13.7. The number of H-pyrrole nitrogens is 2. The van der Waals surface area contributed by atoms with Crippen LogP contribution in [0.25, 0.3) is 10.9 Å². The third-order valence-corrected chi connectivity index (χ3v) is 4.39. The molecule has 0 saturated carbocycles. The molecule has 150 valence electrons. The fourth-order valence-corrected chi connectivity index (χ4v) is 2.95. The summed E-state index contributed by atoms with van der Waals surface area (Å²) in [4.78, 5) is 9.53. The van der Waals surface area contributed by atoms with Crippen LogP contribution < -0.4 is 5.32 Å². The molecular formula is C19H13F5N4O. The number of halogens is 5. The fourth-order valence-electron chi connectivity index (χ4n) is 2.95. The van der Waals surface area contributed by atoms with Crippen LogP contribution in [0.5, 0.6) is 5.88 Å². The Morgan fingerprint density at radius 1 is 1.03 bits per heavy atom. The molecule has 29 heavy (non-hydrogen) atoms. The van der Waals surface area contributed by atoms with Gasteiger partial charge in [0.2, 0.25) is 11.8 Å². The van der Waals surface area contributed by atoms with Gasteiger partial charge in [-0.1, -0.05) is 12.1 Å². The van der Waals surface area contributed by atoms with Crippen molar-refractivity contribution >= 4 is 22.5 Å². The van der Waals surface area contributed by atoms with E-state index in [0.29, 0.717) is 22.2 Å². The van der Waals surface area contributed by atoms with Gasteiger partial charge in [-0.25, -0.2) is 8.78 Å². The summed E-state index contributed by atoms with van der Waals surface area (Å²) in [6.07, 6.45) is -2.82. The molecule has 0 radical (unpaired) electrons. The van der Waals surface area contributed by atoms with Gasteiger partial charge in [0.25, 0.3) is 0 Å². The number of nitrogens with one attached hydrogen (secondary N) is 3. The number of rotatable bonds is 4. The lowest BCUT2D eigenvalue weighted by atomic mass is 10.1. The highest BCUT2D eigenvalue weighted by atomic mass is 19.4. The third kappa shape index (κ3) is 3.73. The van der Waals surface area contributed by atoms with Crippen LogP contribution in [0, 0.1) is 11.6 Å². The number of aromatic nitrogens is 3. The van der Waals surface area contributed by atoms with Crippen LogP contribution in [0.15, 0.2) is 42.6 Å². The van der Waals surface area contributed by atoms with Crippen molar-refractivity contribution in [2.45, 2.75) is 12.6 Å². The summed E-state index contributed by atoms with van der Waals surface area (Å²) in [5.74, 6) is -2.19. The number of anilines is 2. The number of fused-ring (bicyclic) bond motifs is 1. The molecule has 5 nitrogen and oxygen atoms in total. The number of benzene rings is 2. The molecule has 2 aromatic heterocycles. The highest BCUT2D eigenvalue weighted by molar-refractivity contribution is 5.93. The average Bonchev–Trinajstić information content (AvgIpc) is 3.19. The van der Waals surface area contributed by atoms with E-state index in [4.69, 9.17) is 0 Å². The first-order valence-corrected chi connectivity index (χ1v) is 8.38. The lowest BCUT2D eigenvalue weighted by Gasteiger charge is -2.07. The average molecular weight is 408 g/mol. The maximum Gasteiger partial charge on any atom is 0.416 e. The van der Waals surface area contributed by atoms with Crippen LogP contribution in [-0.4, -0.2) is 20.1 Å². The molecule has 0 fully saturated rings. The molecule has 10 heteroatoms. The van der Waals surface area contributed by atoms with Crippen molar-refractivity contribution in [3.63, 3.8) is 0 Å². The highest BCUT2D eigenvalue weighted by Gasteiger charge is 2.30. The van der Waals surface area contributed by atoms with Crippen LogP contribution in [0.3, 0.4) is 0 Å². The molecule has 0 unspecified atom stereocenters. The summed E-state index contributed by atoms with van der Waals surface area (Å²) < 4.78 is 64.7. The van der Waals surface area contributed by atoms with E-state index >= 15 is 0 Å². The minimum atomic E-state index is -4.42. The molecule has 2 aromatic carbocycles. The minimum Gasteiger partial charge on any atom is -0.492 e. The molecule has 0 spiro atoms. The Morgan fingerprint density at radius 3 is 2.41 bits per heavy atom. The second-order valence-corrected chi connectivity index (χ2v) is 6.40. The number of nitrogens with zero attached hydrogens (tertiary/aromatic N) is 1. The largest absolute Gasteiger partial charge is 0.492 e. The number of imidazole rings is 1. The molecular weight excluding hydrogens is 395 g/mol. The van der Waals surface area contributed by atoms with E-state index < -0.39 is 23.4 Å². The predicted octanol–water partition coefficient (Wildman–Crippen LogP) is 5.23. The van der Waals surface area contributed by atoms with Crippen LogP contribution in [-0.2, 0) is 12.6 Å². The van der Waals surface area contributed by atoms with Crippen molar-refractivity contribution in [2.75, 3.05) is 5.32 Å². The van der Waals surface area contributed by atoms with Gasteiger partial charge in [-0.05, 0) is 23.8 Å². The SMILES string of the molecule is Oc1nc(Nc2c[nH]c3cc(F)c(F)cc23)[nH]c1Cc1ccc(C(F)(F)F)cc1. The molecule has 0 saturated heterocycles. The van der Waals surface area contributed by atoms with E-state index in [1.807, 2.05) is 0 Å². The monoisotopic (exact) mass is 408 g/mol. The van der Waals surface area contributed by atoms with E-state index in [9.17, 15) is 27.1 Å². The maximum atomic E-state index is 13.5. The van der Waals surface area contributed by atoms with Gasteiger partial charge in [0.15, 0.2) is 11.6 Å². The van der Waals surface area contributed by atoms with E-state index in [2.05, 4.69) is 20.3 Å². The molecule has 4 aromatic rings. The Balaban J connectivity index is 1.55. The van der Waals surface area contributed by atoms with E-state index in [1.54, 1.807) is 0 Å². The quantitative estimate of drug-likeness (QED) is 0.350. The Hall–Kier alpha value is -3.56. The fraction of sp³-hybridized carbons (Fsp3) is 0.105. The molecule has 0 aliphatic heterocycles. The summed E-state index contributed by atoms with van der Waals surface area (Å²) >= 11 is 0. The first kappa shape index (κ1) is 18.8. The van der Waals surface area contributed by atoms with E-state index in [1.165, 1.54) is 18.3 Å². The minimum absolute atomic E-state index is 0.117. The number of hydrogen-bond donors (Lipinski definition) is 4. The standard InChI is InChI=1S/C19H13F5N4O/c20-12-6-11-14(7-13(12)21)25-8-16(11)27-18-26-15(17(29)28-18)5-9-1-3-10(4-2-9)19(22,23)24/h1-4,6-8,25,29H,5H2,(H2,26,27,28). The zero-order chi connectivity index (χ0) is 20.8. The molecule has 0 bridgehead atoms. The van der Waals surface area contributed by atoms with Gasteiger partial charge in [0.05, 0.1) is 22.5 Å². The summed E-state index contributed by atoms with van der Waals surface area (Å²) in [5, 5.41) is 13.3. The zero-order valence-electron chi connectivity index (χ0n) is 14.5. The van der Waals surface area contributed by atoms with Crippen molar-refractivity contribution < 1.29 is 27.1 Å². The Morgan fingerprint density at radius 2 is 1.72 bits per heavy atom. The first-order valence-electron chi connectivity index (χ1n) is 8.38. The zero-order valence-corrected chi connectivity index (χ0v) is 14.5. The van der Waals surface area contributed by atoms with Gasteiger partial charge in [0, 0.05) is 24.1 Å². The molecule has 0 aliphatic carbocycles. The Kier molecular flexibility index (Phi) is 4.40. The second-order valence-electron chi connectivity index (χ2n) is 6.40. The summed E-state index contributed by atoms with van der Waals surface area (Å²) in [6.45, 7) is 0. The van der Waals surface area contributed by atoms with Crippen molar-refractivity contribution in [1.29, 1.82) is 0 Å². The van der Waals surface area contributed by atoms with Crippen molar-refractivity contribution in [3.05, 3.63) is 71.1 Å². The summed E-state index contributed by atoms with van der Waals surface area (Å²) in [7, 11) is 0. The van der Waals surface area contributed by atoms with Gasteiger partial charge in [-0.3, -0.25) is 0 Å². The topological polar surface area (TPSA) is 76.7 Å². The number of aromatic hydroxyl groups is 1. The van der Waals surface area contributed by atoms with Crippen molar-refractivity contribution in [3.8, 4) is 5.88 Å². The Labute approximate surface area is 160 Å². The van der Waals surface area contributed by atoms with Gasteiger partial charge >= 0.3 is 6.18 Å². The van der Waals surface area contributed by atoms with E-state index in [-0.39, 0.29) is 23.9 Å². The van der Waals surface area contributed by atoms with Crippen molar-refractivity contribution in [1.82, 2.24) is 15.0 Å². The predicted molar refractivity (Wildman–Crippen MR) is 96.0 cm³/mol. The van der Waals surface area contributed by atoms with E-state index in [0.717, 1.165) is 24.3 Å². The summed E-state index contributed by atoms with van der Waals surface area (Å²) in [5.41, 5.74) is 0.818. The van der Waals surface area contributed by atoms with Crippen LogP contribution in [0.4, 0.5) is 33.6 Å². The number of hydrogen-bond acceptors (Lipinski definition) is 3. The van der Waals surface area contributed by atoms with Gasteiger partial charge in [-0.2, -0.15) is 18.2 Å².